The Labute approximate surface area is 109 Å². The van der Waals surface area contributed by atoms with Gasteiger partial charge in [-0.3, -0.25) is 10.1 Å². The molecule has 0 amide bonds. The van der Waals surface area contributed by atoms with Gasteiger partial charge in [0, 0.05) is 23.0 Å². The van der Waals surface area contributed by atoms with E-state index in [0.717, 1.165) is 17.1 Å². The first-order valence-corrected chi connectivity index (χ1v) is 5.92. The fourth-order valence-corrected chi connectivity index (χ4v) is 1.98. The largest absolute Gasteiger partial charge is 0.303 e. The number of aryl methyl sites for hydroxylation is 1. The number of benzene rings is 1. The van der Waals surface area contributed by atoms with Crippen molar-refractivity contribution in [1.29, 1.82) is 0 Å². The van der Waals surface area contributed by atoms with Gasteiger partial charge in [0.1, 0.15) is 0 Å². The van der Waals surface area contributed by atoms with Crippen molar-refractivity contribution in [3.63, 3.8) is 0 Å². The minimum Gasteiger partial charge on any atom is -0.303 e. The molecule has 6 heteroatoms. The van der Waals surface area contributed by atoms with Crippen LogP contribution >= 0.6 is 11.6 Å². The van der Waals surface area contributed by atoms with E-state index in [-0.39, 0.29) is 11.6 Å². The van der Waals surface area contributed by atoms with Gasteiger partial charge in [0.15, 0.2) is 0 Å². The van der Waals surface area contributed by atoms with Gasteiger partial charge < -0.3 is 4.57 Å². The molecule has 94 valence electrons. The van der Waals surface area contributed by atoms with Crippen LogP contribution in [0.25, 0.3) is 5.69 Å². The predicted molar refractivity (Wildman–Crippen MR) is 69.2 cm³/mol. The summed E-state index contributed by atoms with van der Waals surface area (Å²) in [6, 6.07) is 4.89. The first-order valence-electron chi connectivity index (χ1n) is 5.38. The third-order valence-corrected chi connectivity index (χ3v) is 3.22. The van der Waals surface area contributed by atoms with E-state index in [1.807, 2.05) is 18.4 Å². The van der Waals surface area contributed by atoms with Crippen molar-refractivity contribution in [3.05, 3.63) is 51.6 Å². The van der Waals surface area contributed by atoms with Crippen LogP contribution in [0.15, 0.2) is 24.5 Å². The molecule has 0 saturated heterocycles. The zero-order valence-corrected chi connectivity index (χ0v) is 10.8. The first kappa shape index (κ1) is 12.6. The van der Waals surface area contributed by atoms with Crippen LogP contribution in [-0.2, 0) is 5.88 Å². The molecule has 0 aliphatic carbocycles. The van der Waals surface area contributed by atoms with Crippen LogP contribution in [0.5, 0.6) is 0 Å². The summed E-state index contributed by atoms with van der Waals surface area (Å²) < 4.78 is 1.88. The Balaban J connectivity index is 2.54. The van der Waals surface area contributed by atoms with E-state index >= 15 is 0 Å². The molecule has 0 N–H and O–H groups in total. The second kappa shape index (κ2) is 4.78. The fourth-order valence-electron chi connectivity index (χ4n) is 1.77. The Kier molecular flexibility index (Phi) is 3.34. The number of rotatable bonds is 3. The zero-order chi connectivity index (χ0) is 13.3. The maximum absolute atomic E-state index is 10.8. The van der Waals surface area contributed by atoms with Crippen LogP contribution in [0.4, 0.5) is 5.69 Å². The summed E-state index contributed by atoms with van der Waals surface area (Å²) in [7, 11) is 0. The summed E-state index contributed by atoms with van der Waals surface area (Å²) in [5.41, 5.74) is 3.31. The second-order valence-corrected chi connectivity index (χ2v) is 4.26. The molecular weight excluding hydrogens is 254 g/mol. The highest BCUT2D eigenvalue weighted by Crippen LogP contribution is 2.24. The van der Waals surface area contributed by atoms with Crippen LogP contribution in [0.1, 0.15) is 17.0 Å². The number of hydrogen-bond acceptors (Lipinski definition) is 3. The van der Waals surface area contributed by atoms with E-state index < -0.39 is 4.92 Å². The van der Waals surface area contributed by atoms with Crippen molar-refractivity contribution in [3.8, 4) is 5.69 Å². The molecule has 18 heavy (non-hydrogen) atoms. The maximum Gasteiger partial charge on any atom is 0.273 e. The lowest BCUT2D eigenvalue weighted by Gasteiger charge is -2.07. The average Bonchev–Trinajstić information content (AvgIpc) is 2.69. The fraction of sp³-hybridized carbons (Fsp3) is 0.250. The van der Waals surface area contributed by atoms with Gasteiger partial charge in [-0.2, -0.15) is 0 Å². The van der Waals surface area contributed by atoms with Crippen molar-refractivity contribution in [1.82, 2.24) is 9.55 Å². The molecule has 0 spiro atoms. The van der Waals surface area contributed by atoms with E-state index in [4.69, 9.17) is 11.6 Å². The Hall–Kier alpha value is -1.88. The predicted octanol–water partition coefficient (Wildman–Crippen LogP) is 3.14. The highest BCUT2D eigenvalue weighted by Gasteiger charge is 2.14. The molecule has 0 bridgehead atoms. The maximum atomic E-state index is 10.8. The lowest BCUT2D eigenvalue weighted by molar-refractivity contribution is -0.385. The van der Waals surface area contributed by atoms with Crippen LogP contribution in [-0.4, -0.2) is 14.5 Å². The minimum atomic E-state index is -0.423. The van der Waals surface area contributed by atoms with Gasteiger partial charge in [0.2, 0.25) is 0 Å². The SMILES string of the molecule is Cc1ncn(-c2ccc([N+](=O)[O-])c(CCl)c2)c1C. The summed E-state index contributed by atoms with van der Waals surface area (Å²) >= 11 is 5.75. The van der Waals surface area contributed by atoms with Crippen LogP contribution in [0, 0.1) is 24.0 Å². The van der Waals surface area contributed by atoms with Crippen LogP contribution in [0.3, 0.4) is 0 Å². The summed E-state index contributed by atoms with van der Waals surface area (Å²) in [5, 5.41) is 10.8. The molecule has 0 aliphatic heterocycles. The van der Waals surface area contributed by atoms with Crippen molar-refractivity contribution >= 4 is 17.3 Å². The lowest BCUT2D eigenvalue weighted by atomic mass is 10.1. The van der Waals surface area contributed by atoms with E-state index in [1.165, 1.54) is 6.07 Å². The lowest BCUT2D eigenvalue weighted by Crippen LogP contribution is -1.99. The van der Waals surface area contributed by atoms with Gasteiger partial charge in [0.05, 0.1) is 22.8 Å². The van der Waals surface area contributed by atoms with Gasteiger partial charge in [-0.15, -0.1) is 11.6 Å². The summed E-state index contributed by atoms with van der Waals surface area (Å²) in [6.45, 7) is 3.86. The number of nitro benzene ring substituents is 1. The quantitative estimate of drug-likeness (QED) is 0.487. The Bertz CT molecular complexity index is 607. The Morgan fingerprint density at radius 3 is 2.67 bits per heavy atom. The molecule has 1 heterocycles. The second-order valence-electron chi connectivity index (χ2n) is 3.99. The summed E-state index contributed by atoms with van der Waals surface area (Å²) in [5.74, 6) is 0.108. The normalized spacial score (nSPS) is 10.6. The minimum absolute atomic E-state index is 0.0447. The van der Waals surface area contributed by atoms with Gasteiger partial charge in [-0.05, 0) is 26.0 Å². The van der Waals surface area contributed by atoms with Gasteiger partial charge in [-0.25, -0.2) is 4.98 Å². The number of imidazole rings is 1. The number of halogens is 1. The molecule has 1 aromatic carbocycles. The molecular formula is C12H12ClN3O2. The van der Waals surface area contributed by atoms with Gasteiger partial charge in [0.25, 0.3) is 5.69 Å². The van der Waals surface area contributed by atoms with Crippen molar-refractivity contribution in [2.75, 3.05) is 0 Å². The standard InChI is InChI=1S/C12H12ClN3O2/c1-8-9(2)15(7-14-8)11-3-4-12(16(17)18)10(5-11)6-13/h3-5,7H,6H2,1-2H3. The van der Waals surface area contributed by atoms with Crippen LogP contribution < -0.4 is 0 Å². The zero-order valence-electron chi connectivity index (χ0n) is 10.1. The molecule has 0 unspecified atom stereocenters. The first-order chi connectivity index (χ1) is 8.54. The average molecular weight is 266 g/mol. The molecule has 2 rings (SSSR count). The third-order valence-electron chi connectivity index (χ3n) is 2.93. The molecule has 0 fully saturated rings. The van der Waals surface area contributed by atoms with E-state index in [1.54, 1.807) is 18.5 Å². The Morgan fingerprint density at radius 2 is 2.17 bits per heavy atom. The monoisotopic (exact) mass is 265 g/mol. The Morgan fingerprint density at radius 1 is 1.44 bits per heavy atom. The molecule has 2 aromatic rings. The highest BCUT2D eigenvalue weighted by molar-refractivity contribution is 6.17. The topological polar surface area (TPSA) is 61.0 Å². The highest BCUT2D eigenvalue weighted by atomic mass is 35.5. The molecule has 1 aromatic heterocycles. The number of nitrogens with zero attached hydrogens (tertiary/aromatic N) is 3. The molecule has 0 saturated carbocycles. The molecule has 5 nitrogen and oxygen atoms in total. The van der Waals surface area contributed by atoms with E-state index in [9.17, 15) is 10.1 Å². The third kappa shape index (κ3) is 2.09. The number of aromatic nitrogens is 2. The molecule has 0 radical (unpaired) electrons. The van der Waals surface area contributed by atoms with Crippen LogP contribution in [0.2, 0.25) is 0 Å². The van der Waals surface area contributed by atoms with Crippen molar-refractivity contribution in [2.24, 2.45) is 0 Å². The van der Waals surface area contributed by atoms with Gasteiger partial charge >= 0.3 is 0 Å². The summed E-state index contributed by atoms with van der Waals surface area (Å²) in [4.78, 5) is 14.6. The van der Waals surface area contributed by atoms with Gasteiger partial charge in [-0.1, -0.05) is 0 Å². The molecule has 0 aliphatic rings. The van der Waals surface area contributed by atoms with E-state index in [2.05, 4.69) is 4.98 Å². The van der Waals surface area contributed by atoms with Crippen molar-refractivity contribution < 1.29 is 4.92 Å². The summed E-state index contributed by atoms with van der Waals surface area (Å²) in [6.07, 6.45) is 1.70. The van der Waals surface area contributed by atoms with Crippen molar-refractivity contribution in [2.45, 2.75) is 19.7 Å². The number of alkyl halides is 1. The van der Waals surface area contributed by atoms with E-state index in [0.29, 0.717) is 5.56 Å². The number of nitro groups is 1. The smallest absolute Gasteiger partial charge is 0.273 e. The number of hydrogen-bond donors (Lipinski definition) is 0. The molecule has 0 atom stereocenters.